The van der Waals surface area contributed by atoms with Gasteiger partial charge in [-0.2, -0.15) is 0 Å². The number of methoxy groups -OCH3 is 1. The number of aliphatic hydroxyl groups excluding tert-OH is 15. The number of Topliss-reactive ketones (excluding diaryl/α,β-unsaturated/α-hetero) is 2. The molecule has 3 rings (SSSR count). The van der Waals surface area contributed by atoms with E-state index in [0.717, 1.165) is 30.7 Å². The topological polar surface area (TPSA) is 420 Å². The monoisotopic (exact) mass is 1530 g/mol. The minimum Gasteiger partial charge on any atom is -0.504 e. The van der Waals surface area contributed by atoms with Crippen LogP contribution in [0.3, 0.4) is 0 Å². The number of rotatable bonds is 9. The lowest BCUT2D eigenvalue weighted by atomic mass is 9.78. The van der Waals surface area contributed by atoms with Crippen LogP contribution in [0.2, 0.25) is 0 Å². The van der Waals surface area contributed by atoms with Gasteiger partial charge < -0.3 is 95.9 Å². The number of thioether (sulfide) groups is 1. The zero-order valence-electron chi connectivity index (χ0n) is 64.7. The van der Waals surface area contributed by atoms with Crippen molar-refractivity contribution < 1.29 is 115 Å². The highest BCUT2D eigenvalue weighted by molar-refractivity contribution is 8.03. The molecule has 0 aromatic carbocycles. The van der Waals surface area contributed by atoms with Gasteiger partial charge in [-0.25, -0.2) is 0 Å². The number of allylic oxidation sites excluding steroid dienone is 14. The third-order valence-electron chi connectivity index (χ3n) is 20.8. The van der Waals surface area contributed by atoms with Crippen LogP contribution in [0.5, 0.6) is 0 Å². The van der Waals surface area contributed by atoms with Gasteiger partial charge in [0.25, 0.3) is 0 Å². The molecule has 1 fully saturated rings. The summed E-state index contributed by atoms with van der Waals surface area (Å²) in [5, 5.41) is 175. The van der Waals surface area contributed by atoms with E-state index in [-0.39, 0.29) is 105 Å². The Balaban J connectivity index is 1.80. The molecule has 16 N–H and O–H groups in total. The fourth-order valence-electron chi connectivity index (χ4n) is 13.7. The van der Waals surface area contributed by atoms with Gasteiger partial charge in [0.1, 0.15) is 11.9 Å². The zero-order chi connectivity index (χ0) is 80.1. The highest BCUT2D eigenvalue weighted by Crippen LogP contribution is 2.40. The summed E-state index contributed by atoms with van der Waals surface area (Å²) >= 11 is 1.10. The number of ketones is 3. The van der Waals surface area contributed by atoms with Crippen molar-refractivity contribution in [1.29, 1.82) is 0 Å². The zero-order valence-corrected chi connectivity index (χ0v) is 65.5. The Labute approximate surface area is 639 Å². The molecule has 0 aromatic heterocycles. The number of cyclic esters (lactones) is 1. The molecule has 0 unspecified atom stereocenters. The average Bonchev–Trinajstić information content (AvgIpc) is 0.797. The Morgan fingerprint density at radius 2 is 1.21 bits per heavy atom. The van der Waals surface area contributed by atoms with Gasteiger partial charge in [0.15, 0.2) is 17.3 Å². The minimum atomic E-state index is -2.25. The van der Waals surface area contributed by atoms with E-state index in [1.165, 1.54) is 25.3 Å². The number of fused-ring (bicyclic) bond motifs is 2. The molecule has 3 aliphatic rings. The average molecular weight is 1530 g/mol. The van der Waals surface area contributed by atoms with Crippen molar-refractivity contribution in [3.05, 3.63) is 131 Å². The number of ether oxygens (including phenoxy) is 3. The maximum absolute atomic E-state index is 14.0. The van der Waals surface area contributed by atoms with E-state index in [4.69, 9.17) is 14.2 Å². The fourth-order valence-corrected chi connectivity index (χ4v) is 14.4. The Hall–Kier alpha value is -4.91. The normalized spacial score (nSPS) is 38.8. The van der Waals surface area contributed by atoms with Crippen LogP contribution in [0, 0.1) is 41.4 Å². The summed E-state index contributed by atoms with van der Waals surface area (Å²) in [6.07, 6.45) is 17.2. The van der Waals surface area contributed by atoms with Crippen LogP contribution in [0.25, 0.3) is 0 Å². The van der Waals surface area contributed by atoms with Crippen LogP contribution in [0.4, 0.5) is 0 Å². The van der Waals surface area contributed by atoms with E-state index in [1.807, 2.05) is 13.0 Å². The number of esters is 1. The van der Waals surface area contributed by atoms with Crippen molar-refractivity contribution in [2.45, 2.75) is 306 Å². The molecular formula is C83H132O23S. The van der Waals surface area contributed by atoms with E-state index in [9.17, 15) is 101 Å². The molecule has 0 amide bonds. The largest absolute Gasteiger partial charge is 0.504 e. The van der Waals surface area contributed by atoms with Gasteiger partial charge in [-0.15, -0.1) is 11.8 Å². The molecule has 23 nitrogen and oxygen atoms in total. The molecule has 0 aromatic rings. The van der Waals surface area contributed by atoms with E-state index in [2.05, 4.69) is 6.92 Å². The first-order valence-corrected chi connectivity index (χ1v) is 39.7. The third-order valence-corrected chi connectivity index (χ3v) is 21.6. The van der Waals surface area contributed by atoms with Crippen LogP contribution >= 0.6 is 11.8 Å². The quantitative estimate of drug-likeness (QED) is 0.0586. The molecule has 25 atom stereocenters. The van der Waals surface area contributed by atoms with E-state index >= 15 is 0 Å². The molecule has 2 bridgehead atoms. The summed E-state index contributed by atoms with van der Waals surface area (Å²) < 4.78 is 17.8. The second-order valence-electron chi connectivity index (χ2n) is 30.6. The van der Waals surface area contributed by atoms with Crippen LogP contribution in [-0.4, -0.2) is 228 Å². The van der Waals surface area contributed by atoms with Crippen molar-refractivity contribution in [2.24, 2.45) is 41.4 Å². The van der Waals surface area contributed by atoms with Gasteiger partial charge in [-0.05, 0) is 126 Å². The molecule has 1 aliphatic carbocycles. The van der Waals surface area contributed by atoms with E-state index in [1.54, 1.807) is 127 Å². The van der Waals surface area contributed by atoms with Crippen molar-refractivity contribution >= 4 is 35.1 Å². The second-order valence-corrected chi connectivity index (χ2v) is 31.4. The van der Waals surface area contributed by atoms with Gasteiger partial charge in [-0.1, -0.05) is 165 Å². The minimum absolute atomic E-state index is 0.0386. The summed E-state index contributed by atoms with van der Waals surface area (Å²) in [4.78, 5) is 52.4. The number of carbonyl (C=O) groups excluding carboxylic acids is 4. The lowest BCUT2D eigenvalue weighted by Gasteiger charge is -2.46. The van der Waals surface area contributed by atoms with Crippen molar-refractivity contribution in [3.63, 3.8) is 0 Å². The number of hydrogen-bond acceptors (Lipinski definition) is 24. The SMILES string of the molecule is CO[C@H](CC[C@@H](C)/C=C/C=C/[C@H]1C[C@@H](O)C[C@@H](O)CCCC[C@H](C)CC[C@@H](O)C[C@@H](O)C\C=C/C=C\C=C\[C@H](O)CC(=O)C[C@H](O)C/C=C\C=C\[C@@H](O)C[C@H](O)C[C@@H](O)CC[C@H](C)[C@H](O)C[C@@H](O)[C@@H](C)[C@H](O)/C(C)=C/C=C\[C@H](C)[C@@H](O)[C@H](C)[C@H]2O[C@@](O)(CC(=O)O1)C[C@H](O)[C@@H]2C)C1=C(SC)C(=O)C=C(O)C1=O. The number of aliphatic hydroxyl groups is 16. The van der Waals surface area contributed by atoms with Gasteiger partial charge in [0.05, 0.1) is 109 Å². The van der Waals surface area contributed by atoms with Gasteiger partial charge in [0, 0.05) is 74.5 Å². The summed E-state index contributed by atoms with van der Waals surface area (Å²) in [5.41, 5.74) is 0.579. The lowest BCUT2D eigenvalue weighted by Crippen LogP contribution is -2.55. The Bertz CT molecular complexity index is 2990. The summed E-state index contributed by atoms with van der Waals surface area (Å²) in [7, 11) is 1.42. The van der Waals surface area contributed by atoms with Gasteiger partial charge in [0.2, 0.25) is 5.78 Å². The number of carbonyl (C=O) groups is 4. The molecule has 608 valence electrons. The predicted octanol–water partition coefficient (Wildman–Crippen LogP) is 8.28. The van der Waals surface area contributed by atoms with Crippen LogP contribution in [0.1, 0.15) is 197 Å². The molecule has 107 heavy (non-hydrogen) atoms. The van der Waals surface area contributed by atoms with Gasteiger partial charge >= 0.3 is 5.97 Å². The second kappa shape index (κ2) is 50.9. The first kappa shape index (κ1) is 96.3. The highest BCUT2D eigenvalue weighted by Gasteiger charge is 2.49. The first-order chi connectivity index (χ1) is 50.5. The maximum Gasteiger partial charge on any atom is 0.311 e. The van der Waals surface area contributed by atoms with E-state index < -0.39 is 163 Å². The lowest BCUT2D eigenvalue weighted by molar-refractivity contribution is -0.302. The van der Waals surface area contributed by atoms with Crippen molar-refractivity contribution in [3.8, 4) is 0 Å². The molecule has 0 spiro atoms. The summed E-state index contributed by atoms with van der Waals surface area (Å²) in [6.45, 7) is 14.2. The molecule has 2 heterocycles. The predicted molar refractivity (Wildman–Crippen MR) is 413 cm³/mol. The molecule has 0 saturated carbocycles. The maximum atomic E-state index is 14.0. The first-order valence-electron chi connectivity index (χ1n) is 38.5. The molecule has 24 heteroatoms. The third kappa shape index (κ3) is 37.3. The van der Waals surface area contributed by atoms with E-state index in [0.29, 0.717) is 56.9 Å². The van der Waals surface area contributed by atoms with Crippen LogP contribution < -0.4 is 0 Å². The Kier molecular flexibility index (Phi) is 45.8. The van der Waals surface area contributed by atoms with Crippen LogP contribution in [-0.2, 0) is 33.4 Å². The van der Waals surface area contributed by atoms with Crippen molar-refractivity contribution in [1.82, 2.24) is 0 Å². The Morgan fingerprint density at radius 3 is 1.88 bits per heavy atom. The highest BCUT2D eigenvalue weighted by atomic mass is 32.2. The number of hydrogen-bond donors (Lipinski definition) is 16. The molecule has 1 saturated heterocycles. The summed E-state index contributed by atoms with van der Waals surface area (Å²) in [6, 6.07) is 0. The van der Waals surface area contributed by atoms with Crippen molar-refractivity contribution in [2.75, 3.05) is 13.4 Å². The Morgan fingerprint density at radius 1 is 0.607 bits per heavy atom. The van der Waals surface area contributed by atoms with Gasteiger partial charge in [-0.3, -0.25) is 19.2 Å². The fraction of sp³-hybridized carbons (Fsp3) is 0.687. The smallest absolute Gasteiger partial charge is 0.311 e. The van der Waals surface area contributed by atoms with Crippen LogP contribution in [0.15, 0.2) is 131 Å². The standard InChI is InChI=1S/C83H132O23S/c1-51-24-19-21-32-63(88)44-68(93)46-69(33-22-20-25-52(2)35-39-75(104-9)77-80(102)72(96)48-73(97)82(77)107-10)105-76(99)50-83(103)49-74(98)57(7)81(106-83)58(8)79(101)55(5)27-23-26-54(4)78(100)56(6)71(95)47-70(94)53(3)36-38-65(90)45-67(92)43-62(87)31-18-14-17-30-61(86)42-66(91)41-60(85)29-16-13-11-12-15-28-59(84)40-64(89)37-34-51/h11-18,20,22-23,25-27,29,31,33,48,51-53,55-65,67-71,74-75,78-79,81,84-90,92-96,98,100-101,103H,19,21,24,28,30,32,34-47,49-50H2,1-10H3/b13-11-,15-12-,17-14-,25-20+,27-23-,29-16+,31-18+,33-22+,54-26+/t51-,52-,53-,55-,56+,57-,58-,59-,60-,61+,62+,63-,64+,65-,67-,68-,69-,70+,71+,74-,75+,78+,79+,81-,83+/m0/s1. The molecular weight excluding hydrogens is 1400 g/mol. The molecule has 2 aliphatic heterocycles. The summed E-state index contributed by atoms with van der Waals surface area (Å²) in [5.74, 6) is -8.18. The molecule has 0 radical (unpaired) electrons.